The van der Waals surface area contributed by atoms with Crippen LogP contribution in [0.4, 0.5) is 0 Å². The maximum atomic E-state index is 5.23. The van der Waals surface area contributed by atoms with E-state index in [0.29, 0.717) is 5.82 Å². The zero-order chi connectivity index (χ0) is 32.3. The van der Waals surface area contributed by atoms with Crippen molar-refractivity contribution in [3.63, 3.8) is 0 Å². The van der Waals surface area contributed by atoms with E-state index in [2.05, 4.69) is 174 Å². The summed E-state index contributed by atoms with van der Waals surface area (Å²) < 4.78 is 2.37. The van der Waals surface area contributed by atoms with Crippen LogP contribution in [0.5, 0.6) is 0 Å². The van der Waals surface area contributed by atoms with Gasteiger partial charge in [-0.05, 0) is 87.3 Å². The lowest BCUT2D eigenvalue weighted by molar-refractivity contribution is 1.17. The fourth-order valence-electron chi connectivity index (χ4n) is 7.42. The van der Waals surface area contributed by atoms with Crippen LogP contribution in [0.25, 0.3) is 93.7 Å². The zero-order valence-corrected chi connectivity index (χ0v) is 26.6. The highest BCUT2D eigenvalue weighted by Gasteiger charge is 2.16. The monoisotopic (exact) mass is 623 g/mol. The lowest BCUT2D eigenvalue weighted by atomic mass is 9.97. The van der Waals surface area contributed by atoms with Gasteiger partial charge in [-0.3, -0.25) is 0 Å². The van der Waals surface area contributed by atoms with E-state index < -0.39 is 0 Å². The summed E-state index contributed by atoms with van der Waals surface area (Å²) in [6.07, 6.45) is 0. The highest BCUT2D eigenvalue weighted by molar-refractivity contribution is 6.21. The number of fused-ring (bicyclic) bond motifs is 7. The molecule has 0 N–H and O–H groups in total. The van der Waals surface area contributed by atoms with Crippen molar-refractivity contribution < 1.29 is 0 Å². The van der Waals surface area contributed by atoms with Gasteiger partial charge in [0.15, 0.2) is 5.82 Å². The summed E-state index contributed by atoms with van der Waals surface area (Å²) in [5.74, 6) is 0.713. The van der Waals surface area contributed by atoms with Crippen LogP contribution >= 0.6 is 0 Å². The fourth-order valence-corrected chi connectivity index (χ4v) is 7.42. The first-order valence-corrected chi connectivity index (χ1v) is 16.7. The van der Waals surface area contributed by atoms with Gasteiger partial charge in [0.05, 0.1) is 22.2 Å². The minimum absolute atomic E-state index is 0.713. The minimum atomic E-state index is 0.713. The predicted octanol–water partition coefficient (Wildman–Crippen LogP) is 12.0. The molecule has 0 saturated heterocycles. The first kappa shape index (κ1) is 27.5. The van der Waals surface area contributed by atoms with Gasteiger partial charge in [-0.1, -0.05) is 121 Å². The van der Waals surface area contributed by atoms with Crippen LogP contribution in [-0.4, -0.2) is 14.5 Å². The van der Waals surface area contributed by atoms with Gasteiger partial charge in [-0.25, -0.2) is 9.97 Å². The molecule has 0 atom stereocenters. The molecule has 0 aliphatic heterocycles. The Balaban J connectivity index is 1.09. The largest absolute Gasteiger partial charge is 0.309 e. The van der Waals surface area contributed by atoms with Crippen LogP contribution in [0, 0.1) is 0 Å². The molecule has 10 aromatic rings. The van der Waals surface area contributed by atoms with E-state index in [4.69, 9.17) is 9.97 Å². The quantitative estimate of drug-likeness (QED) is 0.195. The Hall–Kier alpha value is -6.58. The smallest absolute Gasteiger partial charge is 0.160 e. The second-order valence-electron chi connectivity index (χ2n) is 12.6. The van der Waals surface area contributed by atoms with Gasteiger partial charge in [-0.2, -0.15) is 0 Å². The van der Waals surface area contributed by atoms with Gasteiger partial charge in [0, 0.05) is 33.0 Å². The molecule has 0 saturated carbocycles. The molecule has 2 heterocycles. The van der Waals surface area contributed by atoms with Gasteiger partial charge < -0.3 is 4.57 Å². The van der Waals surface area contributed by atoms with E-state index in [1.165, 1.54) is 48.9 Å². The summed E-state index contributed by atoms with van der Waals surface area (Å²) in [4.78, 5) is 10.3. The van der Waals surface area contributed by atoms with E-state index >= 15 is 0 Å². The predicted molar refractivity (Wildman–Crippen MR) is 205 cm³/mol. The standard InChI is InChI=1S/C46H29N3/c1-2-12-33-28-35(21-20-30(33)10-1)34-13-9-14-36(29-34)45-39-16-5-7-18-41(39)47-46(48-45)32-22-25-37(26-23-32)49-42-19-8-6-17-40(42)44-38-15-4-3-11-31(38)24-27-43(44)49/h1-29H. The molecule has 49 heavy (non-hydrogen) atoms. The molecule has 0 aliphatic carbocycles. The first-order valence-electron chi connectivity index (χ1n) is 16.7. The summed E-state index contributed by atoms with van der Waals surface area (Å²) >= 11 is 0. The third-order valence-corrected chi connectivity index (χ3v) is 9.77. The summed E-state index contributed by atoms with van der Waals surface area (Å²) in [5.41, 5.74) is 9.75. The van der Waals surface area contributed by atoms with E-state index in [9.17, 15) is 0 Å². The van der Waals surface area contributed by atoms with Gasteiger partial charge >= 0.3 is 0 Å². The van der Waals surface area contributed by atoms with Crippen LogP contribution in [0.1, 0.15) is 0 Å². The average Bonchev–Trinajstić information content (AvgIpc) is 3.52. The molecule has 0 aliphatic rings. The van der Waals surface area contributed by atoms with Crippen molar-refractivity contribution in [2.24, 2.45) is 0 Å². The third-order valence-electron chi connectivity index (χ3n) is 9.77. The van der Waals surface area contributed by atoms with Crippen molar-refractivity contribution in [3.05, 3.63) is 176 Å². The van der Waals surface area contributed by atoms with Crippen LogP contribution < -0.4 is 0 Å². The molecule has 228 valence electrons. The second kappa shape index (κ2) is 11.0. The lowest BCUT2D eigenvalue weighted by Gasteiger charge is -2.12. The summed E-state index contributed by atoms with van der Waals surface area (Å²) in [5, 5.41) is 8.58. The van der Waals surface area contributed by atoms with Gasteiger partial charge in [0.2, 0.25) is 0 Å². The molecular weight excluding hydrogens is 595 g/mol. The molecule has 0 radical (unpaired) electrons. The van der Waals surface area contributed by atoms with E-state index in [0.717, 1.165) is 39.0 Å². The normalized spacial score (nSPS) is 11.7. The lowest BCUT2D eigenvalue weighted by Crippen LogP contribution is -1.97. The molecule has 0 bridgehead atoms. The average molecular weight is 624 g/mol. The molecule has 0 fully saturated rings. The summed E-state index contributed by atoms with van der Waals surface area (Å²) in [6.45, 7) is 0. The number of nitrogens with zero attached hydrogens (tertiary/aromatic N) is 3. The molecule has 0 amide bonds. The Bertz CT molecular complexity index is 2880. The molecule has 2 aromatic heterocycles. The third kappa shape index (κ3) is 4.51. The fraction of sp³-hybridized carbons (Fsp3) is 0. The van der Waals surface area contributed by atoms with Crippen molar-refractivity contribution in [1.29, 1.82) is 0 Å². The van der Waals surface area contributed by atoms with E-state index in [1.807, 2.05) is 6.07 Å². The zero-order valence-electron chi connectivity index (χ0n) is 26.6. The summed E-state index contributed by atoms with van der Waals surface area (Å²) in [7, 11) is 0. The maximum Gasteiger partial charge on any atom is 0.160 e. The minimum Gasteiger partial charge on any atom is -0.309 e. The Morgan fingerprint density at radius 2 is 1.02 bits per heavy atom. The van der Waals surface area contributed by atoms with Crippen molar-refractivity contribution in [3.8, 4) is 39.5 Å². The molecular formula is C46H29N3. The van der Waals surface area contributed by atoms with Gasteiger partial charge in [0.1, 0.15) is 0 Å². The molecule has 0 spiro atoms. The van der Waals surface area contributed by atoms with Crippen molar-refractivity contribution in [2.45, 2.75) is 0 Å². The van der Waals surface area contributed by atoms with Crippen molar-refractivity contribution in [2.75, 3.05) is 0 Å². The molecule has 8 aromatic carbocycles. The molecule has 3 nitrogen and oxygen atoms in total. The molecule has 0 unspecified atom stereocenters. The van der Waals surface area contributed by atoms with Crippen molar-refractivity contribution >= 4 is 54.3 Å². The Labute approximate surface area is 283 Å². The highest BCUT2D eigenvalue weighted by atomic mass is 15.0. The number of benzene rings is 8. The van der Waals surface area contributed by atoms with Gasteiger partial charge in [0.25, 0.3) is 0 Å². The maximum absolute atomic E-state index is 5.23. The number of para-hydroxylation sites is 2. The topological polar surface area (TPSA) is 30.7 Å². The Morgan fingerprint density at radius 3 is 1.90 bits per heavy atom. The molecule has 10 rings (SSSR count). The summed E-state index contributed by atoms with van der Waals surface area (Å²) in [6, 6.07) is 62.6. The van der Waals surface area contributed by atoms with Crippen LogP contribution in [-0.2, 0) is 0 Å². The number of hydrogen-bond donors (Lipinski definition) is 0. The highest BCUT2D eigenvalue weighted by Crippen LogP contribution is 2.38. The van der Waals surface area contributed by atoms with Crippen molar-refractivity contribution in [1.82, 2.24) is 14.5 Å². The van der Waals surface area contributed by atoms with Crippen LogP contribution in [0.15, 0.2) is 176 Å². The number of rotatable bonds is 4. The van der Waals surface area contributed by atoms with Gasteiger partial charge in [-0.15, -0.1) is 0 Å². The van der Waals surface area contributed by atoms with E-state index in [-0.39, 0.29) is 0 Å². The molecule has 3 heteroatoms. The van der Waals surface area contributed by atoms with E-state index in [1.54, 1.807) is 0 Å². The Kier molecular flexibility index (Phi) is 6.18. The van der Waals surface area contributed by atoms with Crippen LogP contribution in [0.3, 0.4) is 0 Å². The first-order chi connectivity index (χ1) is 24.3. The Morgan fingerprint density at radius 1 is 0.367 bits per heavy atom. The number of aromatic nitrogens is 3. The second-order valence-corrected chi connectivity index (χ2v) is 12.6. The SMILES string of the molecule is c1cc(-c2ccc3ccccc3c2)cc(-c2nc(-c3ccc(-n4c5ccccc5c5c6ccccc6ccc54)cc3)nc3ccccc23)c1. The van der Waals surface area contributed by atoms with Crippen LogP contribution in [0.2, 0.25) is 0 Å². The number of hydrogen-bond acceptors (Lipinski definition) is 2.